The quantitative estimate of drug-likeness (QED) is 0.567. The molecule has 2 aromatic carbocycles. The maximum absolute atomic E-state index is 13.1. The predicted octanol–water partition coefficient (Wildman–Crippen LogP) is 4.42. The Labute approximate surface area is 189 Å². The van der Waals surface area contributed by atoms with E-state index in [1.807, 2.05) is 35.7 Å². The molecule has 0 bridgehead atoms. The highest BCUT2D eigenvalue weighted by molar-refractivity contribution is 7.12. The first kappa shape index (κ1) is 21.5. The van der Waals surface area contributed by atoms with E-state index in [-0.39, 0.29) is 24.8 Å². The van der Waals surface area contributed by atoms with Crippen molar-refractivity contribution < 1.29 is 19.1 Å². The number of benzene rings is 2. The van der Waals surface area contributed by atoms with Crippen LogP contribution in [-0.2, 0) is 14.3 Å². The van der Waals surface area contributed by atoms with Crippen molar-refractivity contribution >= 4 is 51.9 Å². The fourth-order valence-electron chi connectivity index (χ4n) is 3.35. The smallest absolute Gasteiger partial charge is 0.338 e. The van der Waals surface area contributed by atoms with Crippen molar-refractivity contribution in [2.45, 2.75) is 13.3 Å². The first-order valence-electron chi connectivity index (χ1n) is 10.1. The summed E-state index contributed by atoms with van der Waals surface area (Å²) in [5.41, 5.74) is 2.86. The van der Waals surface area contributed by atoms with Gasteiger partial charge in [-0.25, -0.2) is 9.79 Å². The normalized spacial score (nSPS) is 13.1. The van der Waals surface area contributed by atoms with Crippen molar-refractivity contribution in [3.05, 3.63) is 76.5 Å². The number of carbonyl (C=O) groups is 3. The summed E-state index contributed by atoms with van der Waals surface area (Å²) >= 11 is 1.52. The Balaban J connectivity index is 1.50. The molecule has 4 rings (SSSR count). The molecule has 1 N–H and O–H groups in total. The van der Waals surface area contributed by atoms with E-state index in [0.717, 1.165) is 4.88 Å². The van der Waals surface area contributed by atoms with Gasteiger partial charge in [-0.2, -0.15) is 0 Å². The summed E-state index contributed by atoms with van der Waals surface area (Å²) in [6.07, 6.45) is 0.108. The van der Waals surface area contributed by atoms with Crippen LogP contribution in [0, 0.1) is 0 Å². The Morgan fingerprint density at radius 1 is 1.09 bits per heavy atom. The number of rotatable bonds is 6. The van der Waals surface area contributed by atoms with E-state index >= 15 is 0 Å². The fraction of sp³-hybridized carbons (Fsp3) is 0.167. The number of thiophene rings is 1. The predicted molar refractivity (Wildman–Crippen MR) is 125 cm³/mol. The third-order valence-electron chi connectivity index (χ3n) is 4.83. The summed E-state index contributed by atoms with van der Waals surface area (Å²) in [5.74, 6) is -0.967. The van der Waals surface area contributed by atoms with Crippen LogP contribution in [0.3, 0.4) is 0 Å². The standard InChI is InChI=1S/C24H21N3O4S/c1-2-31-24(30)16-9-11-17(12-10-16)25-22(28)15-27-20-7-4-3-6-18(20)26-19(14-23(27)29)21-8-5-13-32-21/h3-13H,2,14-15H2,1H3,(H,25,28). The van der Waals surface area contributed by atoms with Gasteiger partial charge in [-0.05, 0) is 54.8 Å². The van der Waals surface area contributed by atoms with E-state index in [0.29, 0.717) is 34.9 Å². The second-order valence-electron chi connectivity index (χ2n) is 7.03. The number of ether oxygens (including phenoxy) is 1. The van der Waals surface area contributed by atoms with Gasteiger partial charge in [0.1, 0.15) is 6.54 Å². The number of hydrogen-bond donors (Lipinski definition) is 1. The average Bonchev–Trinajstić information content (AvgIpc) is 3.29. The zero-order chi connectivity index (χ0) is 22.5. The van der Waals surface area contributed by atoms with Gasteiger partial charge in [-0.1, -0.05) is 18.2 Å². The highest BCUT2D eigenvalue weighted by atomic mass is 32.1. The van der Waals surface area contributed by atoms with Gasteiger partial charge in [-0.15, -0.1) is 11.3 Å². The number of nitrogens with one attached hydrogen (secondary N) is 1. The van der Waals surface area contributed by atoms with Crippen LogP contribution in [0.15, 0.2) is 71.0 Å². The van der Waals surface area contributed by atoms with E-state index in [1.54, 1.807) is 37.3 Å². The summed E-state index contributed by atoms with van der Waals surface area (Å²) in [4.78, 5) is 44.7. The van der Waals surface area contributed by atoms with Gasteiger partial charge < -0.3 is 15.0 Å². The molecule has 0 fully saturated rings. The molecule has 2 amide bonds. The van der Waals surface area contributed by atoms with Gasteiger partial charge in [0.2, 0.25) is 11.8 Å². The lowest BCUT2D eigenvalue weighted by Crippen LogP contribution is -2.38. The molecule has 1 aliphatic heterocycles. The van der Waals surface area contributed by atoms with Crippen LogP contribution in [0.2, 0.25) is 0 Å². The highest BCUT2D eigenvalue weighted by Crippen LogP contribution is 2.33. The first-order valence-corrected chi connectivity index (χ1v) is 11.0. The lowest BCUT2D eigenvalue weighted by atomic mass is 10.2. The van der Waals surface area contributed by atoms with Crippen molar-refractivity contribution in [1.29, 1.82) is 0 Å². The molecule has 0 saturated heterocycles. The summed E-state index contributed by atoms with van der Waals surface area (Å²) in [7, 11) is 0. The number of para-hydroxylation sites is 2. The second kappa shape index (κ2) is 9.57. The maximum Gasteiger partial charge on any atom is 0.338 e. The van der Waals surface area contributed by atoms with Crippen LogP contribution in [-0.4, -0.2) is 36.6 Å². The number of hydrogen-bond acceptors (Lipinski definition) is 6. The largest absolute Gasteiger partial charge is 0.462 e. The van der Waals surface area contributed by atoms with Crippen LogP contribution in [0.25, 0.3) is 0 Å². The molecular formula is C24H21N3O4S. The van der Waals surface area contributed by atoms with Gasteiger partial charge in [0.25, 0.3) is 0 Å². The zero-order valence-corrected chi connectivity index (χ0v) is 18.2. The number of esters is 1. The third kappa shape index (κ3) is 4.76. The third-order valence-corrected chi connectivity index (χ3v) is 5.75. The van der Waals surface area contributed by atoms with Crippen LogP contribution in [0.5, 0.6) is 0 Å². The molecule has 0 spiro atoms. The number of nitrogens with zero attached hydrogens (tertiary/aromatic N) is 2. The van der Waals surface area contributed by atoms with Crippen LogP contribution >= 0.6 is 11.3 Å². The van der Waals surface area contributed by atoms with Gasteiger partial charge in [0, 0.05) is 10.6 Å². The molecule has 0 radical (unpaired) electrons. The molecule has 8 heteroatoms. The minimum Gasteiger partial charge on any atom is -0.462 e. The Kier molecular flexibility index (Phi) is 6.42. The highest BCUT2D eigenvalue weighted by Gasteiger charge is 2.27. The van der Waals surface area contributed by atoms with E-state index < -0.39 is 5.97 Å². The summed E-state index contributed by atoms with van der Waals surface area (Å²) in [6.45, 7) is 1.88. The Morgan fingerprint density at radius 2 is 1.88 bits per heavy atom. The monoisotopic (exact) mass is 447 g/mol. The summed E-state index contributed by atoms with van der Waals surface area (Å²) in [5, 5.41) is 4.72. The molecule has 1 aromatic heterocycles. The number of aliphatic imine (C=N–C) groups is 1. The fourth-order valence-corrected chi connectivity index (χ4v) is 4.07. The van der Waals surface area contributed by atoms with E-state index in [2.05, 4.69) is 5.32 Å². The van der Waals surface area contributed by atoms with Crippen LogP contribution < -0.4 is 10.2 Å². The molecular weight excluding hydrogens is 426 g/mol. The molecule has 0 atom stereocenters. The minimum absolute atomic E-state index is 0.108. The molecule has 162 valence electrons. The minimum atomic E-state index is -0.418. The molecule has 1 aliphatic rings. The molecule has 7 nitrogen and oxygen atoms in total. The van der Waals surface area contributed by atoms with Crippen molar-refractivity contribution in [2.24, 2.45) is 4.99 Å². The Bertz CT molecular complexity index is 1170. The summed E-state index contributed by atoms with van der Waals surface area (Å²) in [6, 6.07) is 17.6. The van der Waals surface area contributed by atoms with Crippen LogP contribution in [0.1, 0.15) is 28.6 Å². The average molecular weight is 448 g/mol. The van der Waals surface area contributed by atoms with Crippen LogP contribution in [0.4, 0.5) is 17.1 Å². The molecule has 0 saturated carbocycles. The first-order chi connectivity index (χ1) is 15.5. The Hall–Kier alpha value is -3.78. The molecule has 0 unspecified atom stereocenters. The molecule has 3 aromatic rings. The number of anilines is 2. The lowest BCUT2D eigenvalue weighted by Gasteiger charge is -2.21. The van der Waals surface area contributed by atoms with E-state index in [4.69, 9.17) is 9.73 Å². The van der Waals surface area contributed by atoms with Crippen molar-refractivity contribution in [2.75, 3.05) is 23.4 Å². The van der Waals surface area contributed by atoms with E-state index in [1.165, 1.54) is 16.2 Å². The number of amides is 2. The molecule has 0 aliphatic carbocycles. The van der Waals surface area contributed by atoms with E-state index in [9.17, 15) is 14.4 Å². The molecule has 32 heavy (non-hydrogen) atoms. The second-order valence-corrected chi connectivity index (χ2v) is 7.97. The number of fused-ring (bicyclic) bond motifs is 1. The Morgan fingerprint density at radius 3 is 2.59 bits per heavy atom. The van der Waals surface area contributed by atoms with Crippen molar-refractivity contribution in [1.82, 2.24) is 0 Å². The van der Waals surface area contributed by atoms with Gasteiger partial charge in [0.15, 0.2) is 0 Å². The lowest BCUT2D eigenvalue weighted by molar-refractivity contribution is -0.120. The maximum atomic E-state index is 13.1. The van der Waals surface area contributed by atoms with Gasteiger partial charge >= 0.3 is 5.97 Å². The van der Waals surface area contributed by atoms with Gasteiger partial charge in [-0.3, -0.25) is 9.59 Å². The van der Waals surface area contributed by atoms with Gasteiger partial charge in [0.05, 0.1) is 35.7 Å². The number of carbonyl (C=O) groups excluding carboxylic acids is 3. The van der Waals surface area contributed by atoms with Crippen molar-refractivity contribution in [3.63, 3.8) is 0 Å². The topological polar surface area (TPSA) is 88.1 Å². The summed E-state index contributed by atoms with van der Waals surface area (Å²) < 4.78 is 4.96. The van der Waals surface area contributed by atoms with Crippen molar-refractivity contribution in [3.8, 4) is 0 Å². The molecule has 2 heterocycles. The SMILES string of the molecule is CCOC(=O)c1ccc(NC(=O)CN2C(=O)CC(c3cccs3)=Nc3ccccc32)cc1. The zero-order valence-electron chi connectivity index (χ0n) is 17.4.